The largest absolute Gasteiger partial charge is 0.361 e. The Morgan fingerprint density at radius 3 is 2.63 bits per heavy atom. The Labute approximate surface area is 113 Å². The molecule has 0 aliphatic rings. The predicted molar refractivity (Wildman–Crippen MR) is 74.6 cm³/mol. The summed E-state index contributed by atoms with van der Waals surface area (Å²) in [5.41, 5.74) is 2.98. The van der Waals surface area contributed by atoms with Gasteiger partial charge in [-0.3, -0.25) is 0 Å². The van der Waals surface area contributed by atoms with Crippen molar-refractivity contribution in [3.05, 3.63) is 53.2 Å². The van der Waals surface area contributed by atoms with Crippen LogP contribution in [0.2, 0.25) is 0 Å². The Kier molecular flexibility index (Phi) is 4.09. The van der Waals surface area contributed by atoms with Crippen LogP contribution in [0.1, 0.15) is 36.6 Å². The lowest BCUT2D eigenvalue weighted by molar-refractivity contribution is 0.857. The Morgan fingerprint density at radius 2 is 2.00 bits per heavy atom. The minimum absolute atomic E-state index is 0.0784. The molecule has 0 bridgehead atoms. The van der Waals surface area contributed by atoms with Gasteiger partial charge in [-0.15, -0.1) is 5.10 Å². The van der Waals surface area contributed by atoms with Gasteiger partial charge in [-0.1, -0.05) is 31.2 Å². The van der Waals surface area contributed by atoms with E-state index in [0.717, 1.165) is 12.0 Å². The fraction of sp³-hybridized carbons (Fsp3) is 0.267. The van der Waals surface area contributed by atoms with Crippen LogP contribution < -0.4 is 5.32 Å². The van der Waals surface area contributed by atoms with Crippen molar-refractivity contribution < 1.29 is 0 Å². The van der Waals surface area contributed by atoms with Crippen molar-refractivity contribution in [2.75, 3.05) is 5.32 Å². The number of hydrogen-bond donors (Lipinski definition) is 1. The zero-order valence-corrected chi connectivity index (χ0v) is 11.1. The Bertz CT molecular complexity index is 584. The first-order valence-electron chi connectivity index (χ1n) is 6.31. The minimum atomic E-state index is 0.0784. The maximum absolute atomic E-state index is 9.01. The van der Waals surface area contributed by atoms with Crippen molar-refractivity contribution in [3.63, 3.8) is 0 Å². The molecule has 0 radical (unpaired) electrons. The molecule has 0 aliphatic heterocycles. The average molecular weight is 252 g/mol. The van der Waals surface area contributed by atoms with E-state index in [9.17, 15) is 0 Å². The molecule has 1 aromatic heterocycles. The first kappa shape index (κ1) is 13.0. The summed E-state index contributed by atoms with van der Waals surface area (Å²) < 4.78 is 0. The molecular formula is C15H16N4. The van der Waals surface area contributed by atoms with Gasteiger partial charge in [-0.2, -0.15) is 10.4 Å². The highest BCUT2D eigenvalue weighted by molar-refractivity contribution is 5.51. The Morgan fingerprint density at radius 1 is 1.26 bits per heavy atom. The highest BCUT2D eigenvalue weighted by Gasteiger charge is 2.09. The van der Waals surface area contributed by atoms with Gasteiger partial charge in [0.2, 0.25) is 0 Å². The molecule has 0 saturated heterocycles. The SMILES string of the molecule is CCc1ccc(C(C)Nc2nnccc2C#N)cc1. The van der Waals surface area contributed by atoms with Gasteiger partial charge in [0.1, 0.15) is 6.07 Å². The number of nitrogens with one attached hydrogen (secondary N) is 1. The van der Waals surface area contributed by atoms with Crippen LogP contribution in [-0.4, -0.2) is 10.2 Å². The third-order valence-corrected chi connectivity index (χ3v) is 3.08. The molecule has 0 amide bonds. The standard InChI is InChI=1S/C15H16N4/c1-3-12-4-6-13(7-5-12)11(2)18-15-14(10-16)8-9-17-19-15/h4-9,11H,3H2,1-2H3,(H,18,19). The number of nitriles is 1. The van der Waals surface area contributed by atoms with E-state index in [-0.39, 0.29) is 6.04 Å². The van der Waals surface area contributed by atoms with E-state index in [1.54, 1.807) is 6.07 Å². The summed E-state index contributed by atoms with van der Waals surface area (Å²) in [6, 6.07) is 12.3. The summed E-state index contributed by atoms with van der Waals surface area (Å²) >= 11 is 0. The third-order valence-electron chi connectivity index (χ3n) is 3.08. The van der Waals surface area contributed by atoms with E-state index in [1.807, 2.05) is 6.92 Å². The number of nitrogens with zero attached hydrogens (tertiary/aromatic N) is 3. The van der Waals surface area contributed by atoms with Crippen molar-refractivity contribution >= 4 is 5.82 Å². The van der Waals surface area contributed by atoms with Crippen LogP contribution in [-0.2, 0) is 6.42 Å². The molecule has 96 valence electrons. The molecule has 0 fully saturated rings. The van der Waals surface area contributed by atoms with E-state index in [1.165, 1.54) is 11.8 Å². The number of hydrogen-bond acceptors (Lipinski definition) is 4. The van der Waals surface area contributed by atoms with Gasteiger partial charge in [-0.05, 0) is 30.5 Å². The lowest BCUT2D eigenvalue weighted by atomic mass is 10.0. The Balaban J connectivity index is 2.16. The van der Waals surface area contributed by atoms with Crippen molar-refractivity contribution in [3.8, 4) is 6.07 Å². The highest BCUT2D eigenvalue weighted by Crippen LogP contribution is 2.20. The average Bonchev–Trinajstić information content (AvgIpc) is 2.48. The van der Waals surface area contributed by atoms with Crippen LogP contribution >= 0.6 is 0 Å². The van der Waals surface area contributed by atoms with Gasteiger partial charge >= 0.3 is 0 Å². The van der Waals surface area contributed by atoms with Crippen molar-refractivity contribution in [1.82, 2.24) is 10.2 Å². The summed E-state index contributed by atoms with van der Waals surface area (Å²) in [5, 5.41) is 20.0. The van der Waals surface area contributed by atoms with Gasteiger partial charge in [0.25, 0.3) is 0 Å². The molecule has 1 atom stereocenters. The molecule has 4 heteroatoms. The van der Waals surface area contributed by atoms with E-state index in [4.69, 9.17) is 5.26 Å². The van der Waals surface area contributed by atoms with E-state index < -0.39 is 0 Å². The molecule has 0 saturated carbocycles. The number of rotatable bonds is 4. The highest BCUT2D eigenvalue weighted by atomic mass is 15.2. The van der Waals surface area contributed by atoms with Crippen molar-refractivity contribution in [1.29, 1.82) is 5.26 Å². The van der Waals surface area contributed by atoms with E-state index in [2.05, 4.69) is 52.8 Å². The van der Waals surface area contributed by atoms with Crippen molar-refractivity contribution in [2.45, 2.75) is 26.3 Å². The van der Waals surface area contributed by atoms with Gasteiger partial charge in [-0.25, -0.2) is 0 Å². The maximum Gasteiger partial charge on any atom is 0.167 e. The number of anilines is 1. The quantitative estimate of drug-likeness (QED) is 0.908. The molecule has 1 N–H and O–H groups in total. The molecular weight excluding hydrogens is 236 g/mol. The summed E-state index contributed by atoms with van der Waals surface area (Å²) in [7, 11) is 0. The third kappa shape index (κ3) is 3.08. The fourth-order valence-corrected chi connectivity index (χ4v) is 1.86. The normalized spacial score (nSPS) is 11.6. The smallest absolute Gasteiger partial charge is 0.167 e. The molecule has 0 spiro atoms. The van der Waals surface area contributed by atoms with E-state index in [0.29, 0.717) is 11.4 Å². The van der Waals surface area contributed by atoms with Gasteiger partial charge < -0.3 is 5.32 Å². The van der Waals surface area contributed by atoms with E-state index >= 15 is 0 Å². The van der Waals surface area contributed by atoms with Crippen LogP contribution in [0.3, 0.4) is 0 Å². The molecule has 19 heavy (non-hydrogen) atoms. The lowest BCUT2D eigenvalue weighted by Crippen LogP contribution is -2.09. The molecule has 1 aromatic carbocycles. The van der Waals surface area contributed by atoms with Crippen LogP contribution in [0.15, 0.2) is 36.5 Å². The molecule has 2 rings (SSSR count). The number of aromatic nitrogens is 2. The van der Waals surface area contributed by atoms with Crippen LogP contribution in [0, 0.1) is 11.3 Å². The first-order valence-corrected chi connectivity index (χ1v) is 6.31. The van der Waals surface area contributed by atoms with Crippen LogP contribution in [0.5, 0.6) is 0 Å². The second-order valence-electron chi connectivity index (χ2n) is 4.37. The van der Waals surface area contributed by atoms with Crippen LogP contribution in [0.4, 0.5) is 5.82 Å². The lowest BCUT2D eigenvalue weighted by Gasteiger charge is -2.15. The molecule has 4 nitrogen and oxygen atoms in total. The van der Waals surface area contributed by atoms with Gasteiger partial charge in [0, 0.05) is 0 Å². The Hall–Kier alpha value is -2.41. The summed E-state index contributed by atoms with van der Waals surface area (Å²) in [6.45, 7) is 4.17. The monoisotopic (exact) mass is 252 g/mol. The molecule has 0 aliphatic carbocycles. The fourth-order valence-electron chi connectivity index (χ4n) is 1.86. The van der Waals surface area contributed by atoms with Gasteiger partial charge in [0.15, 0.2) is 5.82 Å². The summed E-state index contributed by atoms with van der Waals surface area (Å²) in [5.74, 6) is 0.525. The second kappa shape index (κ2) is 5.96. The number of aryl methyl sites for hydroxylation is 1. The maximum atomic E-state index is 9.01. The first-order chi connectivity index (χ1) is 9.24. The minimum Gasteiger partial charge on any atom is -0.361 e. The second-order valence-corrected chi connectivity index (χ2v) is 4.37. The zero-order valence-electron chi connectivity index (χ0n) is 11.1. The zero-order chi connectivity index (χ0) is 13.7. The summed E-state index contributed by atoms with van der Waals surface area (Å²) in [6.07, 6.45) is 2.55. The topological polar surface area (TPSA) is 61.6 Å². The summed E-state index contributed by atoms with van der Waals surface area (Å²) in [4.78, 5) is 0. The molecule has 1 unspecified atom stereocenters. The predicted octanol–water partition coefficient (Wildman–Crippen LogP) is 3.08. The molecule has 2 aromatic rings. The van der Waals surface area contributed by atoms with Crippen LogP contribution in [0.25, 0.3) is 0 Å². The van der Waals surface area contributed by atoms with Gasteiger partial charge in [0.05, 0.1) is 17.8 Å². The number of benzene rings is 1. The molecule has 1 heterocycles. The van der Waals surface area contributed by atoms with Crippen molar-refractivity contribution in [2.24, 2.45) is 0 Å².